The Morgan fingerprint density at radius 3 is 2.53 bits per heavy atom. The van der Waals surface area contributed by atoms with E-state index in [-0.39, 0.29) is 17.6 Å². The number of urea groups is 1. The van der Waals surface area contributed by atoms with E-state index in [0.29, 0.717) is 26.2 Å². The van der Waals surface area contributed by atoms with Crippen LogP contribution in [0.15, 0.2) is 0 Å². The fraction of sp³-hybridized carbons (Fsp3) is 0.846. The minimum Gasteiger partial charge on any atom is -0.481 e. The molecule has 19 heavy (non-hydrogen) atoms. The molecule has 2 aliphatic heterocycles. The molecule has 2 unspecified atom stereocenters. The summed E-state index contributed by atoms with van der Waals surface area (Å²) >= 11 is 0. The molecule has 2 rings (SSSR count). The Bertz CT molecular complexity index is 366. The maximum atomic E-state index is 12.3. The third-order valence-electron chi connectivity index (χ3n) is 4.34. The molecule has 0 aromatic rings. The number of rotatable bonds is 2. The quantitative estimate of drug-likeness (QED) is 0.786. The van der Waals surface area contributed by atoms with Crippen molar-refractivity contribution >= 4 is 12.0 Å². The minimum atomic E-state index is -0.819. The lowest BCUT2D eigenvalue weighted by Crippen LogP contribution is -2.55. The van der Waals surface area contributed by atoms with E-state index in [1.165, 1.54) is 0 Å². The fourth-order valence-electron chi connectivity index (χ4n) is 2.83. The van der Waals surface area contributed by atoms with Crippen LogP contribution >= 0.6 is 0 Å². The van der Waals surface area contributed by atoms with Crippen molar-refractivity contribution in [1.82, 2.24) is 10.2 Å². The molecule has 2 atom stereocenters. The van der Waals surface area contributed by atoms with Crippen LogP contribution in [-0.2, 0) is 9.53 Å². The molecule has 6 nitrogen and oxygen atoms in total. The van der Waals surface area contributed by atoms with Crippen molar-refractivity contribution < 1.29 is 19.4 Å². The molecule has 2 amide bonds. The number of nitrogens with zero attached hydrogens (tertiary/aromatic N) is 1. The molecule has 0 radical (unpaired) electrons. The van der Waals surface area contributed by atoms with Gasteiger partial charge in [0.25, 0.3) is 0 Å². The average Bonchev–Trinajstić information content (AvgIpc) is 2.71. The van der Waals surface area contributed by atoms with Crippen molar-refractivity contribution in [3.8, 4) is 0 Å². The van der Waals surface area contributed by atoms with E-state index < -0.39 is 11.9 Å². The summed E-state index contributed by atoms with van der Waals surface area (Å²) in [5.41, 5.74) is -0.240. The predicted octanol–water partition coefficient (Wildman–Crippen LogP) is 1.06. The number of likely N-dealkylation sites (tertiary alicyclic amines) is 1. The first-order valence-electron chi connectivity index (χ1n) is 6.82. The molecule has 2 fully saturated rings. The Hall–Kier alpha value is -1.30. The highest BCUT2D eigenvalue weighted by molar-refractivity contribution is 5.78. The van der Waals surface area contributed by atoms with Gasteiger partial charge in [-0.3, -0.25) is 4.79 Å². The fourth-order valence-corrected chi connectivity index (χ4v) is 2.83. The highest BCUT2D eigenvalue weighted by Gasteiger charge is 2.40. The molecule has 108 valence electrons. The van der Waals surface area contributed by atoms with Crippen LogP contribution < -0.4 is 5.32 Å². The van der Waals surface area contributed by atoms with Gasteiger partial charge in [0.2, 0.25) is 0 Å². The number of hydrogen-bond donors (Lipinski definition) is 2. The molecule has 0 saturated carbocycles. The average molecular weight is 270 g/mol. The Balaban J connectivity index is 1.95. The van der Waals surface area contributed by atoms with E-state index in [0.717, 1.165) is 12.8 Å². The lowest BCUT2D eigenvalue weighted by atomic mass is 9.93. The molecule has 2 saturated heterocycles. The van der Waals surface area contributed by atoms with Gasteiger partial charge in [-0.25, -0.2) is 4.79 Å². The van der Waals surface area contributed by atoms with Crippen LogP contribution in [-0.4, -0.2) is 53.3 Å². The first-order chi connectivity index (χ1) is 8.93. The molecule has 0 aliphatic carbocycles. The van der Waals surface area contributed by atoms with Crippen molar-refractivity contribution in [3.05, 3.63) is 0 Å². The molecule has 2 aliphatic rings. The van der Waals surface area contributed by atoms with Gasteiger partial charge in [-0.15, -0.1) is 0 Å². The zero-order valence-corrected chi connectivity index (χ0v) is 11.5. The van der Waals surface area contributed by atoms with E-state index in [1.54, 1.807) is 11.8 Å². The summed E-state index contributed by atoms with van der Waals surface area (Å²) in [4.78, 5) is 25.0. The Labute approximate surface area is 113 Å². The van der Waals surface area contributed by atoms with Crippen LogP contribution in [0.2, 0.25) is 0 Å². The van der Waals surface area contributed by atoms with Crippen molar-refractivity contribution in [2.75, 3.05) is 19.8 Å². The van der Waals surface area contributed by atoms with E-state index in [9.17, 15) is 9.59 Å². The SMILES string of the molecule is CC1C(C(=O)O)CCN1C(=O)NC1(C)CCOCC1. The smallest absolute Gasteiger partial charge is 0.318 e. The second kappa shape index (κ2) is 5.36. The molecule has 0 aromatic carbocycles. The molecular weight excluding hydrogens is 248 g/mol. The molecule has 2 heterocycles. The summed E-state index contributed by atoms with van der Waals surface area (Å²) in [6.07, 6.45) is 2.12. The first-order valence-corrected chi connectivity index (χ1v) is 6.82. The van der Waals surface area contributed by atoms with Crippen molar-refractivity contribution in [1.29, 1.82) is 0 Å². The predicted molar refractivity (Wildman–Crippen MR) is 68.9 cm³/mol. The summed E-state index contributed by atoms with van der Waals surface area (Å²) in [6.45, 7) is 5.64. The number of carboxylic acids is 1. The standard InChI is InChI=1S/C13H22N2O4/c1-9-10(11(16)17)3-6-15(9)12(18)14-13(2)4-7-19-8-5-13/h9-10H,3-8H2,1-2H3,(H,14,18)(H,16,17). The minimum absolute atomic E-state index is 0.152. The van der Waals surface area contributed by atoms with Crippen molar-refractivity contribution in [3.63, 3.8) is 0 Å². The van der Waals surface area contributed by atoms with Gasteiger partial charge < -0.3 is 20.1 Å². The van der Waals surface area contributed by atoms with E-state index in [1.807, 2.05) is 6.92 Å². The second-order valence-electron chi connectivity index (χ2n) is 5.77. The normalized spacial score (nSPS) is 30.1. The zero-order valence-electron chi connectivity index (χ0n) is 11.5. The maximum absolute atomic E-state index is 12.3. The Kier molecular flexibility index (Phi) is 3.99. The summed E-state index contributed by atoms with van der Waals surface area (Å²) in [6, 6.07) is -0.401. The number of hydrogen-bond acceptors (Lipinski definition) is 3. The summed E-state index contributed by atoms with van der Waals surface area (Å²) < 4.78 is 5.30. The number of carbonyl (C=O) groups excluding carboxylic acids is 1. The van der Waals surface area contributed by atoms with Gasteiger partial charge in [-0.2, -0.15) is 0 Å². The molecule has 6 heteroatoms. The largest absolute Gasteiger partial charge is 0.481 e. The molecule has 0 bridgehead atoms. The van der Waals surface area contributed by atoms with Gasteiger partial charge in [-0.1, -0.05) is 0 Å². The lowest BCUT2D eigenvalue weighted by Gasteiger charge is -2.36. The zero-order chi connectivity index (χ0) is 14.0. The van der Waals surface area contributed by atoms with Crippen LogP contribution in [0, 0.1) is 5.92 Å². The van der Waals surface area contributed by atoms with Crippen LogP contribution in [0.3, 0.4) is 0 Å². The van der Waals surface area contributed by atoms with Crippen LogP contribution in [0.1, 0.15) is 33.1 Å². The summed E-state index contributed by atoms with van der Waals surface area (Å²) in [5.74, 6) is -1.27. The molecular formula is C13H22N2O4. The van der Waals surface area contributed by atoms with Crippen molar-refractivity contribution in [2.24, 2.45) is 5.92 Å². The van der Waals surface area contributed by atoms with Gasteiger partial charge in [-0.05, 0) is 33.1 Å². The maximum Gasteiger partial charge on any atom is 0.318 e. The highest BCUT2D eigenvalue weighted by Crippen LogP contribution is 2.26. The lowest BCUT2D eigenvalue weighted by molar-refractivity contribution is -0.142. The highest BCUT2D eigenvalue weighted by atomic mass is 16.5. The third kappa shape index (κ3) is 3.00. The monoisotopic (exact) mass is 270 g/mol. The molecule has 2 N–H and O–H groups in total. The number of carbonyl (C=O) groups is 2. The van der Waals surface area contributed by atoms with Gasteiger partial charge in [0, 0.05) is 31.3 Å². The van der Waals surface area contributed by atoms with Gasteiger partial charge in [0.1, 0.15) is 0 Å². The van der Waals surface area contributed by atoms with Crippen LogP contribution in [0.5, 0.6) is 0 Å². The van der Waals surface area contributed by atoms with E-state index >= 15 is 0 Å². The van der Waals surface area contributed by atoms with Gasteiger partial charge in [0.05, 0.1) is 5.92 Å². The Morgan fingerprint density at radius 1 is 1.37 bits per heavy atom. The van der Waals surface area contributed by atoms with Crippen molar-refractivity contribution in [2.45, 2.75) is 44.7 Å². The summed E-state index contributed by atoms with van der Waals surface area (Å²) in [5, 5.41) is 12.1. The van der Waals surface area contributed by atoms with E-state index in [4.69, 9.17) is 9.84 Å². The number of nitrogens with one attached hydrogen (secondary N) is 1. The Morgan fingerprint density at radius 2 is 2.00 bits per heavy atom. The molecule has 0 aromatic heterocycles. The third-order valence-corrected chi connectivity index (χ3v) is 4.34. The second-order valence-corrected chi connectivity index (χ2v) is 5.77. The van der Waals surface area contributed by atoms with Gasteiger partial charge in [0.15, 0.2) is 0 Å². The number of amides is 2. The molecule has 0 spiro atoms. The van der Waals surface area contributed by atoms with Gasteiger partial charge >= 0.3 is 12.0 Å². The summed E-state index contributed by atoms with van der Waals surface area (Å²) in [7, 11) is 0. The first kappa shape index (κ1) is 14.1. The van der Waals surface area contributed by atoms with Crippen LogP contribution in [0.4, 0.5) is 4.79 Å². The number of aliphatic carboxylic acids is 1. The van der Waals surface area contributed by atoms with E-state index in [2.05, 4.69) is 5.32 Å². The number of ether oxygens (including phenoxy) is 1. The number of carboxylic acid groups (broad SMARTS) is 1. The van der Waals surface area contributed by atoms with Crippen LogP contribution in [0.25, 0.3) is 0 Å². The topological polar surface area (TPSA) is 78.9 Å².